The van der Waals surface area contributed by atoms with Crippen molar-refractivity contribution in [3.63, 3.8) is 0 Å². The quantitative estimate of drug-likeness (QED) is 0.889. The number of hydrogen-bond donors (Lipinski definition) is 1. The summed E-state index contributed by atoms with van der Waals surface area (Å²) in [6, 6.07) is 7.44. The van der Waals surface area contributed by atoms with Crippen LogP contribution in [-0.2, 0) is 4.74 Å². The Labute approximate surface area is 120 Å². The van der Waals surface area contributed by atoms with Gasteiger partial charge in [-0.15, -0.1) is 0 Å². The summed E-state index contributed by atoms with van der Waals surface area (Å²) < 4.78 is 5.98. The molecule has 1 aromatic carbocycles. The maximum absolute atomic E-state index is 10.7. The largest absolute Gasteiger partial charge is 0.385 e. The summed E-state index contributed by atoms with van der Waals surface area (Å²) in [6.45, 7) is 4.90. The lowest BCUT2D eigenvalue weighted by molar-refractivity contribution is -0.146. The zero-order valence-corrected chi connectivity index (χ0v) is 12.5. The second-order valence-corrected chi connectivity index (χ2v) is 6.07. The van der Waals surface area contributed by atoms with Gasteiger partial charge in [-0.25, -0.2) is 0 Å². The van der Waals surface area contributed by atoms with Gasteiger partial charge in [0.15, 0.2) is 0 Å². The fourth-order valence-corrected chi connectivity index (χ4v) is 3.11. The van der Waals surface area contributed by atoms with Gasteiger partial charge in [-0.05, 0) is 56.2 Å². The average molecular weight is 283 g/mol. The minimum atomic E-state index is -0.572. The van der Waals surface area contributed by atoms with E-state index in [0.717, 1.165) is 37.2 Å². The molecular formula is C16H23ClO2. The molecular weight excluding hydrogens is 260 g/mol. The maximum atomic E-state index is 10.7. The SMILES string of the molecule is CCOC1(C(O)c2ccc(Cl)cc2)CCC(C)CC1. The monoisotopic (exact) mass is 282 g/mol. The molecule has 1 N–H and O–H groups in total. The minimum Gasteiger partial charge on any atom is -0.385 e. The van der Waals surface area contributed by atoms with Crippen LogP contribution in [0.5, 0.6) is 0 Å². The molecule has 0 heterocycles. The highest BCUT2D eigenvalue weighted by atomic mass is 35.5. The average Bonchev–Trinajstić information content (AvgIpc) is 2.42. The van der Waals surface area contributed by atoms with Crippen LogP contribution in [0.15, 0.2) is 24.3 Å². The molecule has 0 aromatic heterocycles. The summed E-state index contributed by atoms with van der Waals surface area (Å²) in [5.74, 6) is 0.728. The Bertz CT molecular complexity index is 394. The maximum Gasteiger partial charge on any atom is 0.108 e. The Morgan fingerprint density at radius 1 is 1.32 bits per heavy atom. The van der Waals surface area contributed by atoms with Gasteiger partial charge in [-0.2, -0.15) is 0 Å². The van der Waals surface area contributed by atoms with Gasteiger partial charge >= 0.3 is 0 Å². The Kier molecular flexibility index (Phi) is 4.88. The van der Waals surface area contributed by atoms with Crippen molar-refractivity contribution in [2.75, 3.05) is 6.61 Å². The first-order chi connectivity index (χ1) is 9.07. The van der Waals surface area contributed by atoms with Crippen molar-refractivity contribution in [1.29, 1.82) is 0 Å². The van der Waals surface area contributed by atoms with E-state index in [4.69, 9.17) is 16.3 Å². The van der Waals surface area contributed by atoms with Gasteiger partial charge < -0.3 is 9.84 Å². The number of ether oxygens (including phenoxy) is 1. The molecule has 1 unspecified atom stereocenters. The zero-order chi connectivity index (χ0) is 13.9. The second kappa shape index (κ2) is 6.25. The zero-order valence-electron chi connectivity index (χ0n) is 11.7. The molecule has 0 saturated heterocycles. The van der Waals surface area contributed by atoms with E-state index in [1.54, 1.807) is 0 Å². The fraction of sp³-hybridized carbons (Fsp3) is 0.625. The van der Waals surface area contributed by atoms with Gasteiger partial charge in [0, 0.05) is 11.6 Å². The van der Waals surface area contributed by atoms with Gasteiger partial charge in [0.2, 0.25) is 0 Å². The van der Waals surface area contributed by atoms with Crippen molar-refractivity contribution < 1.29 is 9.84 Å². The van der Waals surface area contributed by atoms with Crippen LogP contribution >= 0.6 is 11.6 Å². The first kappa shape index (κ1) is 14.8. The van der Waals surface area contributed by atoms with Gasteiger partial charge in [0.05, 0.1) is 5.60 Å². The van der Waals surface area contributed by atoms with Crippen LogP contribution in [0.25, 0.3) is 0 Å². The van der Waals surface area contributed by atoms with Crippen LogP contribution in [0.1, 0.15) is 51.2 Å². The number of hydrogen-bond acceptors (Lipinski definition) is 2. The third-order valence-electron chi connectivity index (χ3n) is 4.24. The lowest BCUT2D eigenvalue weighted by Gasteiger charge is -2.42. The molecule has 0 aliphatic heterocycles. The number of aliphatic hydroxyl groups excluding tert-OH is 1. The number of rotatable bonds is 4. The molecule has 1 atom stereocenters. The van der Waals surface area contributed by atoms with E-state index >= 15 is 0 Å². The first-order valence-corrected chi connectivity index (χ1v) is 7.52. The Hall–Kier alpha value is -0.570. The third-order valence-corrected chi connectivity index (χ3v) is 4.49. The van der Waals surface area contributed by atoms with E-state index in [0.29, 0.717) is 11.6 Å². The van der Waals surface area contributed by atoms with Crippen molar-refractivity contribution in [2.45, 2.75) is 51.2 Å². The van der Waals surface area contributed by atoms with Crippen molar-refractivity contribution in [1.82, 2.24) is 0 Å². The molecule has 2 rings (SSSR count). The van der Waals surface area contributed by atoms with E-state index in [-0.39, 0.29) is 0 Å². The highest BCUT2D eigenvalue weighted by Crippen LogP contribution is 2.43. The van der Waals surface area contributed by atoms with Crippen molar-refractivity contribution >= 4 is 11.6 Å². The van der Waals surface area contributed by atoms with E-state index in [9.17, 15) is 5.11 Å². The van der Waals surface area contributed by atoms with Gasteiger partial charge in [-0.3, -0.25) is 0 Å². The molecule has 1 saturated carbocycles. The van der Waals surface area contributed by atoms with Crippen LogP contribution < -0.4 is 0 Å². The molecule has 3 heteroatoms. The predicted molar refractivity (Wildman–Crippen MR) is 78.4 cm³/mol. The molecule has 106 valence electrons. The summed E-state index contributed by atoms with van der Waals surface area (Å²) in [4.78, 5) is 0. The normalized spacial score (nSPS) is 29.2. The summed E-state index contributed by atoms with van der Waals surface area (Å²) >= 11 is 5.90. The van der Waals surface area contributed by atoms with Gasteiger partial charge in [0.25, 0.3) is 0 Å². The molecule has 1 aromatic rings. The fourth-order valence-electron chi connectivity index (χ4n) is 2.98. The van der Waals surface area contributed by atoms with Gasteiger partial charge in [-0.1, -0.05) is 30.7 Å². The topological polar surface area (TPSA) is 29.5 Å². The summed E-state index contributed by atoms with van der Waals surface area (Å²) in [5, 5.41) is 11.4. The molecule has 1 fully saturated rings. The Morgan fingerprint density at radius 2 is 1.89 bits per heavy atom. The van der Waals surface area contributed by atoms with E-state index in [2.05, 4.69) is 6.92 Å². The number of halogens is 1. The molecule has 2 nitrogen and oxygen atoms in total. The first-order valence-electron chi connectivity index (χ1n) is 7.15. The van der Waals surface area contributed by atoms with E-state index in [1.807, 2.05) is 31.2 Å². The van der Waals surface area contributed by atoms with Crippen molar-refractivity contribution in [3.8, 4) is 0 Å². The van der Waals surface area contributed by atoms with E-state index in [1.165, 1.54) is 0 Å². The van der Waals surface area contributed by atoms with Crippen molar-refractivity contribution in [2.24, 2.45) is 5.92 Å². The lowest BCUT2D eigenvalue weighted by atomic mass is 9.74. The van der Waals surface area contributed by atoms with Crippen molar-refractivity contribution in [3.05, 3.63) is 34.9 Å². The Morgan fingerprint density at radius 3 is 2.42 bits per heavy atom. The standard InChI is InChI=1S/C16H23ClO2/c1-3-19-16(10-8-12(2)9-11-16)15(18)13-4-6-14(17)7-5-13/h4-7,12,15,18H,3,8-11H2,1-2H3. The highest BCUT2D eigenvalue weighted by molar-refractivity contribution is 6.30. The highest BCUT2D eigenvalue weighted by Gasteiger charge is 2.42. The lowest BCUT2D eigenvalue weighted by Crippen LogP contribution is -2.42. The summed E-state index contributed by atoms with van der Waals surface area (Å²) in [6.07, 6.45) is 3.50. The smallest absolute Gasteiger partial charge is 0.108 e. The minimum absolute atomic E-state index is 0.422. The molecule has 0 amide bonds. The molecule has 1 aliphatic carbocycles. The molecule has 0 spiro atoms. The molecule has 0 bridgehead atoms. The second-order valence-electron chi connectivity index (χ2n) is 5.63. The number of aliphatic hydroxyl groups is 1. The summed E-state index contributed by atoms with van der Waals surface area (Å²) in [5.41, 5.74) is 0.474. The molecule has 1 aliphatic rings. The van der Waals surface area contributed by atoms with Crippen LogP contribution in [0.3, 0.4) is 0 Å². The van der Waals surface area contributed by atoms with E-state index < -0.39 is 11.7 Å². The Balaban J connectivity index is 2.20. The van der Waals surface area contributed by atoms with Gasteiger partial charge in [0.1, 0.15) is 6.10 Å². The van der Waals surface area contributed by atoms with Crippen LogP contribution in [-0.4, -0.2) is 17.3 Å². The van der Waals surface area contributed by atoms with Crippen LogP contribution in [0, 0.1) is 5.92 Å². The molecule has 19 heavy (non-hydrogen) atoms. The van der Waals surface area contributed by atoms with Crippen LogP contribution in [0.4, 0.5) is 0 Å². The number of benzene rings is 1. The molecule has 0 radical (unpaired) electrons. The predicted octanol–water partition coefficient (Wildman–Crippen LogP) is 4.36. The van der Waals surface area contributed by atoms with Crippen LogP contribution in [0.2, 0.25) is 5.02 Å². The summed E-state index contributed by atoms with van der Waals surface area (Å²) in [7, 11) is 0. The third kappa shape index (κ3) is 3.31.